The Morgan fingerprint density at radius 3 is 2.67 bits per heavy atom. The third kappa shape index (κ3) is 2.04. The molecule has 0 nitrogen and oxygen atoms in total. The summed E-state index contributed by atoms with van der Waals surface area (Å²) in [6.45, 7) is 4.57. The Labute approximate surface area is 129 Å². The fraction of sp³-hybridized carbons (Fsp3) is 0.200. The van der Waals surface area contributed by atoms with E-state index in [1.165, 1.54) is 31.3 Å². The molecule has 0 N–H and O–H groups in total. The lowest BCUT2D eigenvalue weighted by Gasteiger charge is -2.29. The van der Waals surface area contributed by atoms with Crippen molar-refractivity contribution in [1.82, 2.24) is 0 Å². The van der Waals surface area contributed by atoms with Gasteiger partial charge in [0.25, 0.3) is 0 Å². The van der Waals surface area contributed by atoms with Crippen LogP contribution in [-0.2, 0) is 5.41 Å². The van der Waals surface area contributed by atoms with E-state index in [0.717, 1.165) is 6.42 Å². The second kappa shape index (κ2) is 4.57. The molecule has 1 unspecified atom stereocenters. The highest BCUT2D eigenvalue weighted by atomic mass is 32.1. The molecule has 0 fully saturated rings. The van der Waals surface area contributed by atoms with Crippen molar-refractivity contribution in [2.24, 2.45) is 0 Å². The van der Waals surface area contributed by atoms with E-state index in [4.69, 9.17) is 0 Å². The molecule has 1 aliphatic carbocycles. The summed E-state index contributed by atoms with van der Waals surface area (Å²) in [6.07, 6.45) is 7.88. The maximum Gasteiger partial charge on any atom is 0.0355 e. The molecule has 0 bridgehead atoms. The minimum atomic E-state index is 0.121. The monoisotopic (exact) mass is 290 g/mol. The third-order valence-corrected chi connectivity index (χ3v) is 5.68. The first-order valence-corrected chi connectivity index (χ1v) is 8.24. The van der Waals surface area contributed by atoms with E-state index in [1.54, 1.807) is 0 Å². The Morgan fingerprint density at radius 1 is 1.00 bits per heavy atom. The second-order valence-corrected chi connectivity index (χ2v) is 7.36. The average molecular weight is 290 g/mol. The lowest BCUT2D eigenvalue weighted by Crippen LogP contribution is -2.20. The van der Waals surface area contributed by atoms with E-state index in [2.05, 4.69) is 74.5 Å². The summed E-state index contributed by atoms with van der Waals surface area (Å²) in [6, 6.07) is 15.7. The summed E-state index contributed by atoms with van der Waals surface area (Å²) < 4.78 is 2.76. The second-order valence-electron chi connectivity index (χ2n) is 6.28. The van der Waals surface area contributed by atoms with Gasteiger partial charge < -0.3 is 0 Å². The van der Waals surface area contributed by atoms with Crippen LogP contribution in [0.4, 0.5) is 0 Å². The van der Waals surface area contributed by atoms with Crippen molar-refractivity contribution in [3.8, 4) is 0 Å². The summed E-state index contributed by atoms with van der Waals surface area (Å²) in [5.74, 6) is 0. The first-order valence-electron chi connectivity index (χ1n) is 7.42. The smallest absolute Gasteiger partial charge is 0.0355 e. The van der Waals surface area contributed by atoms with Crippen LogP contribution in [0.5, 0.6) is 0 Å². The van der Waals surface area contributed by atoms with Crippen LogP contribution >= 0.6 is 11.3 Å². The number of allylic oxidation sites excluding steroid dienone is 4. The highest BCUT2D eigenvalue weighted by Gasteiger charge is 2.26. The zero-order valence-electron chi connectivity index (χ0n) is 12.4. The van der Waals surface area contributed by atoms with Crippen molar-refractivity contribution in [3.63, 3.8) is 0 Å². The molecule has 104 valence electrons. The lowest BCUT2D eigenvalue weighted by molar-refractivity contribution is 0.582. The van der Waals surface area contributed by atoms with Gasteiger partial charge in [0, 0.05) is 25.6 Å². The molecule has 2 aromatic carbocycles. The molecular formula is C20H18S. The molecular weight excluding hydrogens is 272 g/mol. The minimum Gasteiger partial charge on any atom is -0.135 e. The Hall–Kier alpha value is -1.86. The Bertz CT molecular complexity index is 894. The number of benzene rings is 2. The van der Waals surface area contributed by atoms with E-state index < -0.39 is 0 Å². The van der Waals surface area contributed by atoms with Gasteiger partial charge in [-0.15, -0.1) is 11.3 Å². The Morgan fingerprint density at radius 2 is 1.81 bits per heavy atom. The van der Waals surface area contributed by atoms with Gasteiger partial charge in [-0.1, -0.05) is 55.0 Å². The molecule has 1 aromatic heterocycles. The summed E-state index contributed by atoms with van der Waals surface area (Å²) in [7, 11) is 0. The summed E-state index contributed by atoms with van der Waals surface area (Å²) in [5.41, 5.74) is 2.99. The van der Waals surface area contributed by atoms with E-state index in [1.807, 2.05) is 11.3 Å². The topological polar surface area (TPSA) is 0 Å². The van der Waals surface area contributed by atoms with Gasteiger partial charge >= 0.3 is 0 Å². The number of hydrogen-bond donors (Lipinski definition) is 0. The van der Waals surface area contributed by atoms with Gasteiger partial charge in [-0.25, -0.2) is 0 Å². The van der Waals surface area contributed by atoms with Crippen LogP contribution in [0, 0.1) is 0 Å². The van der Waals surface area contributed by atoms with Crippen LogP contribution in [0.1, 0.15) is 25.8 Å². The number of fused-ring (bicyclic) bond motifs is 3. The van der Waals surface area contributed by atoms with Crippen LogP contribution < -0.4 is 0 Å². The highest BCUT2D eigenvalue weighted by Crippen LogP contribution is 2.40. The molecule has 0 saturated carbocycles. The Balaban J connectivity index is 1.93. The predicted octanol–water partition coefficient (Wildman–Crippen LogP) is 6.22. The van der Waals surface area contributed by atoms with E-state index in [0.29, 0.717) is 0 Å². The van der Waals surface area contributed by atoms with Crippen molar-refractivity contribution in [2.45, 2.75) is 25.7 Å². The summed E-state index contributed by atoms with van der Waals surface area (Å²) in [4.78, 5) is 0. The molecule has 0 spiro atoms. The molecule has 0 radical (unpaired) electrons. The standard InChI is InChI=1S/C20H18S/c1-14-6-5-11-20(2,13-14)15-9-10-19-17(12-15)16-7-3-4-8-18(16)21-19/h3-12H,13H2,1-2H3. The van der Waals surface area contributed by atoms with E-state index >= 15 is 0 Å². The van der Waals surface area contributed by atoms with Crippen molar-refractivity contribution in [1.29, 1.82) is 0 Å². The molecule has 3 aromatic rings. The molecule has 0 saturated heterocycles. The Kier molecular flexibility index (Phi) is 2.80. The van der Waals surface area contributed by atoms with Crippen LogP contribution in [0.3, 0.4) is 0 Å². The number of rotatable bonds is 1. The number of hydrogen-bond acceptors (Lipinski definition) is 1. The summed E-state index contributed by atoms with van der Waals surface area (Å²) in [5, 5.41) is 2.78. The maximum atomic E-state index is 2.40. The fourth-order valence-corrected chi connectivity index (χ4v) is 4.49. The zero-order chi connectivity index (χ0) is 14.4. The van der Waals surface area contributed by atoms with E-state index in [9.17, 15) is 0 Å². The molecule has 0 amide bonds. The van der Waals surface area contributed by atoms with Gasteiger partial charge in [0.2, 0.25) is 0 Å². The third-order valence-electron chi connectivity index (χ3n) is 4.53. The predicted molar refractivity (Wildman–Crippen MR) is 94.2 cm³/mol. The van der Waals surface area contributed by atoms with E-state index in [-0.39, 0.29) is 5.41 Å². The first-order chi connectivity index (χ1) is 10.2. The normalized spacial score (nSPS) is 21.9. The molecule has 1 heteroatoms. The van der Waals surface area contributed by atoms with Gasteiger partial charge in [0.15, 0.2) is 0 Å². The zero-order valence-corrected chi connectivity index (χ0v) is 13.2. The molecule has 1 aliphatic rings. The minimum absolute atomic E-state index is 0.121. The van der Waals surface area contributed by atoms with Crippen molar-refractivity contribution in [3.05, 3.63) is 71.8 Å². The fourth-order valence-electron chi connectivity index (χ4n) is 3.40. The SMILES string of the molecule is CC1=CC=CC(C)(c2ccc3sc4ccccc4c3c2)C1. The first kappa shape index (κ1) is 12.8. The quantitative estimate of drug-likeness (QED) is 0.499. The molecule has 1 atom stereocenters. The van der Waals surface area contributed by atoms with Gasteiger partial charge in [-0.2, -0.15) is 0 Å². The van der Waals surface area contributed by atoms with Gasteiger partial charge in [-0.3, -0.25) is 0 Å². The van der Waals surface area contributed by atoms with Crippen LogP contribution in [0.2, 0.25) is 0 Å². The summed E-state index contributed by atoms with van der Waals surface area (Å²) >= 11 is 1.89. The molecule has 4 rings (SSSR count). The van der Waals surface area contributed by atoms with Crippen LogP contribution in [0.25, 0.3) is 20.2 Å². The van der Waals surface area contributed by atoms with Crippen molar-refractivity contribution >= 4 is 31.5 Å². The van der Waals surface area contributed by atoms with Gasteiger partial charge in [0.05, 0.1) is 0 Å². The average Bonchev–Trinajstić information content (AvgIpc) is 2.84. The number of thiophene rings is 1. The molecule has 1 heterocycles. The molecule has 21 heavy (non-hydrogen) atoms. The maximum absolute atomic E-state index is 2.40. The van der Waals surface area contributed by atoms with Crippen molar-refractivity contribution < 1.29 is 0 Å². The van der Waals surface area contributed by atoms with Gasteiger partial charge in [0.1, 0.15) is 0 Å². The van der Waals surface area contributed by atoms with Crippen LogP contribution in [-0.4, -0.2) is 0 Å². The lowest BCUT2D eigenvalue weighted by atomic mass is 9.75. The van der Waals surface area contributed by atoms with Crippen molar-refractivity contribution in [2.75, 3.05) is 0 Å². The molecule has 0 aliphatic heterocycles. The van der Waals surface area contributed by atoms with Crippen LogP contribution in [0.15, 0.2) is 66.3 Å². The highest BCUT2D eigenvalue weighted by molar-refractivity contribution is 7.25. The van der Waals surface area contributed by atoms with Gasteiger partial charge in [-0.05, 0) is 37.1 Å². The largest absolute Gasteiger partial charge is 0.135 e.